The van der Waals surface area contributed by atoms with Crippen LogP contribution in [0.25, 0.3) is 0 Å². The number of benzene rings is 1. The number of morpholine rings is 1. The van der Waals surface area contributed by atoms with Crippen molar-refractivity contribution in [3.63, 3.8) is 0 Å². The van der Waals surface area contributed by atoms with E-state index in [-0.39, 0.29) is 24.1 Å². The maximum atomic E-state index is 12.3. The summed E-state index contributed by atoms with van der Waals surface area (Å²) in [6, 6.07) is 10.4. The molecule has 2 aromatic rings. The van der Waals surface area contributed by atoms with Gasteiger partial charge in [-0.15, -0.1) is 0 Å². The van der Waals surface area contributed by atoms with Crippen molar-refractivity contribution >= 4 is 11.6 Å². The number of ether oxygens (including phenoxy) is 2. The van der Waals surface area contributed by atoms with Gasteiger partial charge in [0.25, 0.3) is 0 Å². The van der Waals surface area contributed by atoms with Crippen molar-refractivity contribution in [1.29, 1.82) is 0 Å². The number of amides is 1. The van der Waals surface area contributed by atoms with E-state index in [2.05, 4.69) is 19.9 Å². The van der Waals surface area contributed by atoms with Gasteiger partial charge in [0, 0.05) is 18.8 Å². The zero-order valence-corrected chi connectivity index (χ0v) is 16.6. The second-order valence-electron chi connectivity index (χ2n) is 7.05. The van der Waals surface area contributed by atoms with Crippen LogP contribution in [0.5, 0.6) is 5.75 Å². The molecule has 1 atom stereocenters. The van der Waals surface area contributed by atoms with Crippen LogP contribution in [0.2, 0.25) is 0 Å². The average molecular weight is 423 g/mol. The van der Waals surface area contributed by atoms with Gasteiger partial charge in [-0.05, 0) is 36.8 Å². The summed E-state index contributed by atoms with van der Waals surface area (Å²) in [4.78, 5) is 18.7. The molecule has 1 N–H and O–H groups in total. The number of carbonyl (C=O) groups excluding carboxylic acids is 1. The molecular weight excluding hydrogens is 399 g/mol. The van der Waals surface area contributed by atoms with Gasteiger partial charge in [-0.2, -0.15) is 13.2 Å². The van der Waals surface area contributed by atoms with Crippen molar-refractivity contribution in [2.75, 3.05) is 37.8 Å². The Morgan fingerprint density at radius 3 is 2.50 bits per heavy atom. The Hall–Kier alpha value is -2.81. The van der Waals surface area contributed by atoms with Gasteiger partial charge in [0.15, 0.2) is 6.61 Å². The first-order valence-corrected chi connectivity index (χ1v) is 9.67. The number of hydrogen-bond acceptors (Lipinski definition) is 5. The molecule has 1 amide bonds. The third kappa shape index (κ3) is 6.62. The summed E-state index contributed by atoms with van der Waals surface area (Å²) in [5.41, 5.74) is 2.53. The van der Waals surface area contributed by atoms with Crippen LogP contribution in [0.15, 0.2) is 42.6 Å². The molecule has 0 saturated carbocycles. The first kappa shape index (κ1) is 21.9. The predicted molar refractivity (Wildman–Crippen MR) is 106 cm³/mol. The Kier molecular flexibility index (Phi) is 7.15. The smallest absolute Gasteiger partial charge is 0.422 e. The summed E-state index contributed by atoms with van der Waals surface area (Å²) < 4.78 is 46.5. The Labute approximate surface area is 173 Å². The molecule has 0 spiro atoms. The lowest BCUT2D eigenvalue weighted by molar-refractivity contribution is -0.153. The first-order chi connectivity index (χ1) is 14.3. The summed E-state index contributed by atoms with van der Waals surface area (Å²) in [6.07, 6.45) is -2.96. The topological polar surface area (TPSA) is 63.7 Å². The van der Waals surface area contributed by atoms with Crippen LogP contribution in [-0.2, 0) is 16.0 Å². The minimum absolute atomic E-state index is 0.0231. The van der Waals surface area contributed by atoms with E-state index in [4.69, 9.17) is 4.74 Å². The second-order valence-corrected chi connectivity index (χ2v) is 7.05. The zero-order valence-electron chi connectivity index (χ0n) is 16.6. The molecule has 1 aromatic heterocycles. The van der Waals surface area contributed by atoms with Crippen molar-refractivity contribution in [1.82, 2.24) is 10.3 Å². The SMILES string of the molecule is C[C@@H](NC(=O)Cc1ccc(N2CCOCC2)cc1)c1ccc(OCC(F)(F)F)cn1. The first-order valence-electron chi connectivity index (χ1n) is 9.67. The molecule has 0 radical (unpaired) electrons. The highest BCUT2D eigenvalue weighted by molar-refractivity contribution is 5.79. The number of nitrogens with zero attached hydrogens (tertiary/aromatic N) is 2. The van der Waals surface area contributed by atoms with Crippen LogP contribution in [0.1, 0.15) is 24.2 Å². The quantitative estimate of drug-likeness (QED) is 0.741. The standard InChI is InChI=1S/C21H24F3N3O3/c1-15(19-7-6-18(13-25-19)30-14-21(22,23)24)26-20(28)12-16-2-4-17(5-3-16)27-8-10-29-11-9-27/h2-7,13,15H,8-12,14H2,1H3,(H,26,28)/t15-/m1/s1. The van der Waals surface area contributed by atoms with E-state index in [0.717, 1.165) is 24.3 Å². The van der Waals surface area contributed by atoms with Gasteiger partial charge in [0.1, 0.15) is 5.75 Å². The van der Waals surface area contributed by atoms with E-state index >= 15 is 0 Å². The fraction of sp³-hybridized carbons (Fsp3) is 0.429. The Bertz CT molecular complexity index is 820. The lowest BCUT2D eigenvalue weighted by Crippen LogP contribution is -2.36. The van der Waals surface area contributed by atoms with Crippen molar-refractivity contribution < 1.29 is 27.4 Å². The number of alkyl halides is 3. The third-order valence-corrected chi connectivity index (χ3v) is 4.66. The summed E-state index contributed by atoms with van der Waals surface area (Å²) >= 11 is 0. The third-order valence-electron chi connectivity index (χ3n) is 4.66. The van der Waals surface area contributed by atoms with E-state index in [1.54, 1.807) is 6.92 Å². The number of carbonyl (C=O) groups is 1. The van der Waals surface area contributed by atoms with E-state index in [9.17, 15) is 18.0 Å². The fourth-order valence-electron chi connectivity index (χ4n) is 3.10. The average Bonchev–Trinajstić information content (AvgIpc) is 2.73. The van der Waals surface area contributed by atoms with Gasteiger partial charge in [0.2, 0.25) is 5.91 Å². The van der Waals surface area contributed by atoms with Crippen LogP contribution in [-0.4, -0.2) is 50.0 Å². The molecule has 30 heavy (non-hydrogen) atoms. The van der Waals surface area contributed by atoms with E-state index in [1.165, 1.54) is 18.3 Å². The van der Waals surface area contributed by atoms with Crippen LogP contribution in [0.3, 0.4) is 0 Å². The molecule has 1 aliphatic rings. The van der Waals surface area contributed by atoms with Gasteiger partial charge in [-0.1, -0.05) is 12.1 Å². The minimum Gasteiger partial charge on any atom is -0.483 e. The molecule has 1 fully saturated rings. The van der Waals surface area contributed by atoms with Crippen molar-refractivity contribution in [3.05, 3.63) is 53.9 Å². The van der Waals surface area contributed by atoms with Crippen LogP contribution < -0.4 is 15.0 Å². The molecule has 3 rings (SSSR count). The molecule has 1 saturated heterocycles. The number of rotatable bonds is 7. The highest BCUT2D eigenvalue weighted by atomic mass is 19.4. The predicted octanol–water partition coefficient (Wildman–Crippen LogP) is 3.28. The minimum atomic E-state index is -4.40. The molecule has 1 aliphatic heterocycles. The van der Waals surface area contributed by atoms with Crippen molar-refractivity contribution in [3.8, 4) is 5.75 Å². The Balaban J connectivity index is 1.49. The van der Waals surface area contributed by atoms with Gasteiger partial charge in [-0.3, -0.25) is 9.78 Å². The molecule has 6 nitrogen and oxygen atoms in total. The molecule has 0 unspecified atom stereocenters. The number of nitrogens with one attached hydrogen (secondary N) is 1. The summed E-state index contributed by atoms with van der Waals surface area (Å²) in [5.74, 6) is -0.143. The van der Waals surface area contributed by atoms with Gasteiger partial charge in [-0.25, -0.2) is 0 Å². The lowest BCUT2D eigenvalue weighted by Gasteiger charge is -2.28. The molecule has 0 aliphatic carbocycles. The number of aromatic nitrogens is 1. The highest BCUT2D eigenvalue weighted by Crippen LogP contribution is 2.20. The number of anilines is 1. The molecule has 162 valence electrons. The molecule has 1 aromatic carbocycles. The van der Waals surface area contributed by atoms with Gasteiger partial charge < -0.3 is 19.7 Å². The van der Waals surface area contributed by atoms with Gasteiger partial charge >= 0.3 is 6.18 Å². The molecular formula is C21H24F3N3O3. The summed E-state index contributed by atoms with van der Waals surface area (Å²) in [7, 11) is 0. The second kappa shape index (κ2) is 9.80. The van der Waals surface area contributed by atoms with Crippen LogP contribution >= 0.6 is 0 Å². The zero-order chi connectivity index (χ0) is 21.6. The maximum Gasteiger partial charge on any atom is 0.422 e. The highest BCUT2D eigenvalue weighted by Gasteiger charge is 2.28. The van der Waals surface area contributed by atoms with E-state index in [0.29, 0.717) is 18.9 Å². The van der Waals surface area contributed by atoms with Crippen LogP contribution in [0.4, 0.5) is 18.9 Å². The fourth-order valence-corrected chi connectivity index (χ4v) is 3.10. The largest absolute Gasteiger partial charge is 0.483 e. The Morgan fingerprint density at radius 1 is 1.20 bits per heavy atom. The number of halogens is 3. The monoisotopic (exact) mass is 423 g/mol. The lowest BCUT2D eigenvalue weighted by atomic mass is 10.1. The van der Waals surface area contributed by atoms with Crippen LogP contribution in [0, 0.1) is 0 Å². The number of pyridine rings is 1. The Morgan fingerprint density at radius 2 is 1.90 bits per heavy atom. The van der Waals surface area contributed by atoms with Crippen molar-refractivity contribution in [2.45, 2.75) is 25.6 Å². The van der Waals surface area contributed by atoms with E-state index < -0.39 is 12.8 Å². The maximum absolute atomic E-state index is 12.3. The number of hydrogen-bond donors (Lipinski definition) is 1. The molecule has 0 bridgehead atoms. The normalized spacial score (nSPS) is 15.5. The molecule has 2 heterocycles. The summed E-state index contributed by atoms with van der Waals surface area (Å²) in [5, 5.41) is 2.85. The van der Waals surface area contributed by atoms with Gasteiger partial charge in [0.05, 0.1) is 37.6 Å². The van der Waals surface area contributed by atoms with Crippen molar-refractivity contribution in [2.24, 2.45) is 0 Å². The summed E-state index contributed by atoms with van der Waals surface area (Å²) in [6.45, 7) is 3.52. The van der Waals surface area contributed by atoms with E-state index in [1.807, 2.05) is 24.3 Å². The molecule has 9 heteroatoms.